The minimum atomic E-state index is -4.44. The van der Waals surface area contributed by atoms with E-state index >= 15 is 0 Å². The molecular formula is C14H19F3N4O3. The molecule has 1 aliphatic rings. The van der Waals surface area contributed by atoms with Gasteiger partial charge in [0.15, 0.2) is 0 Å². The van der Waals surface area contributed by atoms with E-state index in [0.29, 0.717) is 13.0 Å². The molecule has 2 heterocycles. The number of carbonyl (C=O) groups is 2. The molecule has 0 aromatic carbocycles. The van der Waals surface area contributed by atoms with Crippen LogP contribution < -0.4 is 5.32 Å². The second-order valence-corrected chi connectivity index (χ2v) is 5.79. The first-order chi connectivity index (χ1) is 11.2. The van der Waals surface area contributed by atoms with Crippen LogP contribution in [-0.2, 0) is 16.0 Å². The van der Waals surface area contributed by atoms with Crippen molar-refractivity contribution in [2.45, 2.75) is 57.8 Å². The number of hydrogen-bond acceptors (Lipinski definition) is 5. The van der Waals surface area contributed by atoms with E-state index < -0.39 is 30.6 Å². The molecule has 1 aromatic heterocycles. The normalized spacial score (nSPS) is 19.9. The fraction of sp³-hybridized carbons (Fsp3) is 0.714. The number of piperidine rings is 1. The number of hydrogen-bond donors (Lipinski definition) is 1. The van der Waals surface area contributed by atoms with Crippen LogP contribution in [0.25, 0.3) is 0 Å². The zero-order valence-corrected chi connectivity index (χ0v) is 13.4. The first-order valence-corrected chi connectivity index (χ1v) is 7.64. The van der Waals surface area contributed by atoms with Crippen LogP contribution in [0.5, 0.6) is 0 Å². The summed E-state index contributed by atoms with van der Waals surface area (Å²) >= 11 is 0. The Labute approximate surface area is 136 Å². The van der Waals surface area contributed by atoms with Crippen molar-refractivity contribution in [3.63, 3.8) is 0 Å². The summed E-state index contributed by atoms with van der Waals surface area (Å²) in [5.41, 5.74) is 0. The smallest absolute Gasteiger partial charge is 0.397 e. The van der Waals surface area contributed by atoms with Crippen molar-refractivity contribution in [2.24, 2.45) is 0 Å². The van der Waals surface area contributed by atoms with Gasteiger partial charge in [0.05, 0.1) is 0 Å². The predicted octanol–water partition coefficient (Wildman–Crippen LogP) is 1.75. The van der Waals surface area contributed by atoms with Crippen LogP contribution in [0.1, 0.15) is 50.9 Å². The van der Waals surface area contributed by atoms with E-state index in [1.807, 2.05) is 0 Å². The van der Waals surface area contributed by atoms with Crippen molar-refractivity contribution in [1.82, 2.24) is 20.4 Å². The number of carbonyl (C=O) groups excluding carboxylic acids is 2. The highest BCUT2D eigenvalue weighted by molar-refractivity contribution is 5.86. The highest BCUT2D eigenvalue weighted by atomic mass is 19.4. The fourth-order valence-corrected chi connectivity index (χ4v) is 2.71. The molecule has 0 radical (unpaired) electrons. The minimum absolute atomic E-state index is 0.00248. The van der Waals surface area contributed by atoms with Gasteiger partial charge in [-0.15, -0.1) is 10.2 Å². The molecule has 0 aliphatic carbocycles. The summed E-state index contributed by atoms with van der Waals surface area (Å²) in [5, 5.41) is 9.60. The van der Waals surface area contributed by atoms with E-state index in [0.717, 1.165) is 12.8 Å². The third-order valence-electron chi connectivity index (χ3n) is 3.70. The lowest BCUT2D eigenvalue weighted by Gasteiger charge is -2.35. The van der Waals surface area contributed by atoms with Gasteiger partial charge in [0, 0.05) is 13.5 Å². The van der Waals surface area contributed by atoms with Crippen LogP contribution in [0.3, 0.4) is 0 Å². The Morgan fingerprint density at radius 1 is 1.38 bits per heavy atom. The van der Waals surface area contributed by atoms with Crippen LogP contribution in [-0.4, -0.2) is 45.7 Å². The summed E-state index contributed by atoms with van der Waals surface area (Å²) in [6, 6.07) is -1.31. The Morgan fingerprint density at radius 2 is 2.08 bits per heavy atom. The zero-order chi connectivity index (χ0) is 17.9. The van der Waals surface area contributed by atoms with Crippen molar-refractivity contribution < 1.29 is 27.2 Å². The monoisotopic (exact) mass is 348 g/mol. The van der Waals surface area contributed by atoms with Gasteiger partial charge in [0.25, 0.3) is 0 Å². The molecule has 0 bridgehead atoms. The summed E-state index contributed by atoms with van der Waals surface area (Å²) in [7, 11) is 0. The predicted molar refractivity (Wildman–Crippen MR) is 75.6 cm³/mol. The van der Waals surface area contributed by atoms with Gasteiger partial charge in [0.1, 0.15) is 18.5 Å². The number of halogens is 3. The van der Waals surface area contributed by atoms with Gasteiger partial charge in [-0.25, -0.2) is 0 Å². The van der Waals surface area contributed by atoms with Crippen molar-refractivity contribution in [3.05, 3.63) is 11.8 Å². The highest BCUT2D eigenvalue weighted by Gasteiger charge is 2.36. The molecular weight excluding hydrogens is 329 g/mol. The quantitative estimate of drug-likeness (QED) is 0.896. The summed E-state index contributed by atoms with van der Waals surface area (Å²) in [6.45, 7) is 3.28. The standard InChI is InChI=1S/C14H19F3N4O3/c1-8(18-9(2)22)13(23)21-6-4-3-5-10(21)12-20-19-11(24-12)7-14(15,16)17/h8,10H,3-7H2,1-2H3,(H,18,22)/t8-,10+/m0/s1. The molecule has 1 saturated heterocycles. The Kier molecular flexibility index (Phi) is 5.45. The third kappa shape index (κ3) is 4.68. The summed E-state index contributed by atoms with van der Waals surface area (Å²) < 4.78 is 42.3. The number of likely N-dealkylation sites (tertiary alicyclic amines) is 1. The Morgan fingerprint density at radius 3 is 2.71 bits per heavy atom. The van der Waals surface area contributed by atoms with E-state index in [1.54, 1.807) is 6.92 Å². The Bertz CT molecular complexity index is 602. The topological polar surface area (TPSA) is 88.3 Å². The first kappa shape index (κ1) is 18.2. The van der Waals surface area contributed by atoms with Gasteiger partial charge in [-0.3, -0.25) is 9.59 Å². The lowest BCUT2D eigenvalue weighted by molar-refractivity contribution is -0.140. The van der Waals surface area contributed by atoms with E-state index in [4.69, 9.17) is 4.42 Å². The van der Waals surface area contributed by atoms with Crippen molar-refractivity contribution in [1.29, 1.82) is 0 Å². The van der Waals surface area contributed by atoms with Crippen molar-refractivity contribution in [2.75, 3.05) is 6.54 Å². The molecule has 1 aliphatic heterocycles. The molecule has 24 heavy (non-hydrogen) atoms. The highest BCUT2D eigenvalue weighted by Crippen LogP contribution is 2.31. The number of rotatable bonds is 4. The largest absolute Gasteiger partial charge is 0.423 e. The van der Waals surface area contributed by atoms with Crippen LogP contribution >= 0.6 is 0 Å². The van der Waals surface area contributed by atoms with Crippen molar-refractivity contribution in [3.8, 4) is 0 Å². The number of nitrogens with zero attached hydrogens (tertiary/aromatic N) is 3. The lowest BCUT2D eigenvalue weighted by Crippen LogP contribution is -2.49. The molecule has 134 valence electrons. The minimum Gasteiger partial charge on any atom is -0.423 e. The van der Waals surface area contributed by atoms with Gasteiger partial charge in [-0.2, -0.15) is 13.2 Å². The summed E-state index contributed by atoms with van der Waals surface area (Å²) in [6.07, 6.45) is -3.67. The van der Waals surface area contributed by atoms with Gasteiger partial charge in [0.2, 0.25) is 23.6 Å². The molecule has 7 nitrogen and oxygen atoms in total. The molecule has 0 saturated carbocycles. The number of alkyl halides is 3. The first-order valence-electron chi connectivity index (χ1n) is 7.64. The third-order valence-corrected chi connectivity index (χ3v) is 3.70. The zero-order valence-electron chi connectivity index (χ0n) is 13.4. The number of aromatic nitrogens is 2. The average molecular weight is 348 g/mol. The maximum Gasteiger partial charge on any atom is 0.397 e. The van der Waals surface area contributed by atoms with Crippen LogP contribution in [0.2, 0.25) is 0 Å². The Balaban J connectivity index is 2.14. The fourth-order valence-electron chi connectivity index (χ4n) is 2.71. The SMILES string of the molecule is CC(=O)N[C@@H](C)C(=O)N1CCCC[C@@H]1c1nnc(CC(F)(F)F)o1. The summed E-state index contributed by atoms with van der Waals surface area (Å²) in [4.78, 5) is 25.1. The Hall–Kier alpha value is -2.13. The van der Waals surface area contributed by atoms with Crippen LogP contribution in [0.15, 0.2) is 4.42 Å². The molecule has 10 heteroatoms. The van der Waals surface area contributed by atoms with E-state index in [-0.39, 0.29) is 17.7 Å². The molecule has 0 spiro atoms. The molecule has 1 aromatic rings. The second-order valence-electron chi connectivity index (χ2n) is 5.79. The average Bonchev–Trinajstić information content (AvgIpc) is 2.92. The van der Waals surface area contributed by atoms with Crippen LogP contribution in [0, 0.1) is 0 Å². The molecule has 2 rings (SSSR count). The lowest BCUT2D eigenvalue weighted by atomic mass is 10.0. The molecule has 1 fully saturated rings. The molecule has 1 N–H and O–H groups in total. The number of nitrogens with one attached hydrogen (secondary N) is 1. The molecule has 0 unspecified atom stereocenters. The second kappa shape index (κ2) is 7.18. The van der Waals surface area contributed by atoms with Gasteiger partial charge >= 0.3 is 6.18 Å². The van der Waals surface area contributed by atoms with E-state index in [2.05, 4.69) is 15.5 Å². The molecule has 2 atom stereocenters. The molecule has 2 amide bonds. The summed E-state index contributed by atoms with van der Waals surface area (Å²) in [5.74, 6) is -1.19. The van der Waals surface area contributed by atoms with Gasteiger partial charge in [-0.1, -0.05) is 0 Å². The number of amides is 2. The van der Waals surface area contributed by atoms with E-state index in [9.17, 15) is 22.8 Å². The van der Waals surface area contributed by atoms with Gasteiger partial charge < -0.3 is 14.6 Å². The van der Waals surface area contributed by atoms with Gasteiger partial charge in [-0.05, 0) is 26.2 Å². The van der Waals surface area contributed by atoms with Crippen molar-refractivity contribution >= 4 is 11.8 Å². The van der Waals surface area contributed by atoms with Crippen LogP contribution in [0.4, 0.5) is 13.2 Å². The maximum absolute atomic E-state index is 12.5. The maximum atomic E-state index is 12.5. The van der Waals surface area contributed by atoms with E-state index in [1.165, 1.54) is 11.8 Å².